The summed E-state index contributed by atoms with van der Waals surface area (Å²) in [4.78, 5) is 0. The molecule has 0 aliphatic heterocycles. The summed E-state index contributed by atoms with van der Waals surface area (Å²) in [5, 5.41) is 6.96. The summed E-state index contributed by atoms with van der Waals surface area (Å²) < 4.78 is 27.9. The van der Waals surface area contributed by atoms with E-state index in [-0.39, 0.29) is 11.4 Å². The molecule has 6 heteroatoms. The third kappa shape index (κ3) is 2.20. The van der Waals surface area contributed by atoms with Crippen LogP contribution in [0.25, 0.3) is 0 Å². The maximum Gasteiger partial charge on any atom is 0.151 e. The summed E-state index contributed by atoms with van der Waals surface area (Å²) in [6, 6.07) is 1.89. The summed E-state index contributed by atoms with van der Waals surface area (Å²) in [7, 11) is 1.76. The molecule has 1 heterocycles. The van der Waals surface area contributed by atoms with Crippen molar-refractivity contribution in [1.82, 2.24) is 9.78 Å². The lowest BCUT2D eigenvalue weighted by atomic mass is 10.2. The van der Waals surface area contributed by atoms with Crippen molar-refractivity contribution >= 4 is 17.1 Å². The van der Waals surface area contributed by atoms with Gasteiger partial charge in [0, 0.05) is 19.3 Å². The Balaban J connectivity index is 2.39. The highest BCUT2D eigenvalue weighted by atomic mass is 19.1. The fraction of sp³-hybridized carbons (Fsp3) is 0.182. The number of nitrogens with two attached hydrogens (primary N) is 1. The van der Waals surface area contributed by atoms with Gasteiger partial charge < -0.3 is 11.1 Å². The van der Waals surface area contributed by atoms with E-state index in [1.165, 1.54) is 0 Å². The summed E-state index contributed by atoms with van der Waals surface area (Å²) in [6.07, 6.45) is 1.71. The minimum absolute atomic E-state index is 0.116. The Bertz CT molecular complexity index is 563. The number of anilines is 3. The van der Waals surface area contributed by atoms with Crippen molar-refractivity contribution in [2.75, 3.05) is 11.1 Å². The summed E-state index contributed by atoms with van der Waals surface area (Å²) >= 11 is 0. The van der Waals surface area contributed by atoms with Crippen LogP contribution >= 0.6 is 0 Å². The van der Waals surface area contributed by atoms with Gasteiger partial charge in [-0.2, -0.15) is 5.10 Å². The molecule has 0 atom stereocenters. The van der Waals surface area contributed by atoms with Crippen LogP contribution in [0, 0.1) is 18.6 Å². The van der Waals surface area contributed by atoms with Crippen LogP contribution < -0.4 is 11.1 Å². The smallest absolute Gasteiger partial charge is 0.151 e. The molecule has 1 aromatic heterocycles. The molecule has 1 aromatic carbocycles. The molecular formula is C11H12F2N4. The van der Waals surface area contributed by atoms with Gasteiger partial charge in [-0.1, -0.05) is 0 Å². The van der Waals surface area contributed by atoms with Crippen LogP contribution in [0.3, 0.4) is 0 Å². The first kappa shape index (κ1) is 11.4. The van der Waals surface area contributed by atoms with Gasteiger partial charge in [-0.25, -0.2) is 8.78 Å². The van der Waals surface area contributed by atoms with Crippen molar-refractivity contribution in [3.05, 3.63) is 35.7 Å². The maximum atomic E-state index is 13.2. The number of rotatable bonds is 2. The molecular weight excluding hydrogens is 226 g/mol. The molecule has 0 aliphatic rings. The van der Waals surface area contributed by atoms with E-state index >= 15 is 0 Å². The van der Waals surface area contributed by atoms with Crippen molar-refractivity contribution in [1.29, 1.82) is 0 Å². The zero-order valence-corrected chi connectivity index (χ0v) is 9.46. The maximum absolute atomic E-state index is 13.2. The van der Waals surface area contributed by atoms with Gasteiger partial charge in [-0.05, 0) is 13.0 Å². The molecule has 0 amide bonds. The average molecular weight is 238 g/mol. The number of aromatic nitrogens is 2. The van der Waals surface area contributed by atoms with E-state index < -0.39 is 11.6 Å². The highest BCUT2D eigenvalue weighted by Crippen LogP contribution is 2.27. The van der Waals surface area contributed by atoms with Crippen LogP contribution in [0.2, 0.25) is 0 Å². The lowest BCUT2D eigenvalue weighted by Crippen LogP contribution is -2.00. The number of nitrogens with zero attached hydrogens (tertiary/aromatic N) is 2. The second-order valence-electron chi connectivity index (χ2n) is 3.78. The summed E-state index contributed by atoms with van der Waals surface area (Å²) in [5.41, 5.74) is 6.98. The first-order chi connectivity index (χ1) is 7.97. The second kappa shape index (κ2) is 4.04. The predicted octanol–water partition coefficient (Wildman–Crippen LogP) is 2.33. The Morgan fingerprint density at radius 1 is 1.29 bits per heavy atom. The van der Waals surface area contributed by atoms with Crippen LogP contribution in [-0.4, -0.2) is 9.78 Å². The van der Waals surface area contributed by atoms with E-state index in [4.69, 9.17) is 5.73 Å². The molecule has 0 fully saturated rings. The molecule has 0 bridgehead atoms. The number of hydrogen-bond donors (Lipinski definition) is 2. The van der Waals surface area contributed by atoms with Crippen molar-refractivity contribution in [2.24, 2.45) is 7.05 Å². The molecule has 2 rings (SSSR count). The summed E-state index contributed by atoms with van der Waals surface area (Å²) in [5.74, 6) is -1.46. The molecule has 0 spiro atoms. The minimum Gasteiger partial charge on any atom is -0.395 e. The van der Waals surface area contributed by atoms with Gasteiger partial charge >= 0.3 is 0 Å². The van der Waals surface area contributed by atoms with Crippen LogP contribution in [0.15, 0.2) is 18.3 Å². The van der Waals surface area contributed by atoms with Gasteiger partial charge in [0.05, 0.1) is 22.8 Å². The quantitative estimate of drug-likeness (QED) is 0.789. The second-order valence-corrected chi connectivity index (χ2v) is 3.78. The number of nitrogens with one attached hydrogen (secondary N) is 1. The van der Waals surface area contributed by atoms with Gasteiger partial charge in [-0.15, -0.1) is 0 Å². The topological polar surface area (TPSA) is 55.9 Å². The van der Waals surface area contributed by atoms with Crippen LogP contribution in [0.5, 0.6) is 0 Å². The van der Waals surface area contributed by atoms with E-state index in [0.717, 1.165) is 17.8 Å². The Hall–Kier alpha value is -2.11. The molecule has 17 heavy (non-hydrogen) atoms. The van der Waals surface area contributed by atoms with E-state index in [1.807, 2.05) is 0 Å². The van der Waals surface area contributed by atoms with Gasteiger partial charge in [0.1, 0.15) is 5.82 Å². The van der Waals surface area contributed by atoms with E-state index in [2.05, 4.69) is 10.4 Å². The zero-order chi connectivity index (χ0) is 12.6. The van der Waals surface area contributed by atoms with E-state index in [9.17, 15) is 8.78 Å². The van der Waals surface area contributed by atoms with Gasteiger partial charge in [-0.3, -0.25) is 4.68 Å². The van der Waals surface area contributed by atoms with Crippen molar-refractivity contribution < 1.29 is 8.78 Å². The molecule has 0 saturated heterocycles. The van der Waals surface area contributed by atoms with Crippen LogP contribution in [-0.2, 0) is 7.05 Å². The largest absolute Gasteiger partial charge is 0.395 e. The van der Waals surface area contributed by atoms with Crippen molar-refractivity contribution in [2.45, 2.75) is 6.92 Å². The lowest BCUT2D eigenvalue weighted by molar-refractivity contribution is 0.587. The van der Waals surface area contributed by atoms with Crippen molar-refractivity contribution in [3.63, 3.8) is 0 Å². The third-order valence-corrected chi connectivity index (χ3v) is 2.38. The Morgan fingerprint density at radius 3 is 2.59 bits per heavy atom. The molecule has 0 unspecified atom stereocenters. The standard InChI is InChI=1S/C11H12F2N4/c1-6-10(5-17(2)16-6)15-9-4-7(12)3-8(13)11(9)14/h3-5,15H,14H2,1-2H3. The molecule has 0 radical (unpaired) electrons. The lowest BCUT2D eigenvalue weighted by Gasteiger charge is -2.09. The van der Waals surface area contributed by atoms with E-state index in [1.54, 1.807) is 24.9 Å². The monoisotopic (exact) mass is 238 g/mol. The Labute approximate surface area is 97.0 Å². The fourth-order valence-corrected chi connectivity index (χ4v) is 1.56. The van der Waals surface area contributed by atoms with Gasteiger partial charge in [0.15, 0.2) is 5.82 Å². The number of benzene rings is 1. The SMILES string of the molecule is Cc1nn(C)cc1Nc1cc(F)cc(F)c1N. The number of halogens is 2. The molecule has 0 saturated carbocycles. The first-order valence-electron chi connectivity index (χ1n) is 4.99. The molecule has 0 aliphatic carbocycles. The zero-order valence-electron chi connectivity index (χ0n) is 9.46. The fourth-order valence-electron chi connectivity index (χ4n) is 1.56. The van der Waals surface area contributed by atoms with Crippen molar-refractivity contribution in [3.8, 4) is 0 Å². The number of nitrogen functional groups attached to an aromatic ring is 1. The highest BCUT2D eigenvalue weighted by Gasteiger charge is 2.10. The molecule has 3 N–H and O–H groups in total. The molecule has 4 nitrogen and oxygen atoms in total. The highest BCUT2D eigenvalue weighted by molar-refractivity contribution is 5.73. The van der Waals surface area contributed by atoms with Gasteiger partial charge in [0.2, 0.25) is 0 Å². The van der Waals surface area contributed by atoms with E-state index in [0.29, 0.717) is 5.69 Å². The molecule has 90 valence electrons. The van der Waals surface area contributed by atoms with Crippen LogP contribution in [0.4, 0.5) is 25.8 Å². The first-order valence-corrected chi connectivity index (χ1v) is 4.99. The summed E-state index contributed by atoms with van der Waals surface area (Å²) in [6.45, 7) is 1.79. The molecule has 2 aromatic rings. The number of aryl methyl sites for hydroxylation is 2. The average Bonchev–Trinajstić information content (AvgIpc) is 2.53. The third-order valence-electron chi connectivity index (χ3n) is 2.38. The normalized spacial score (nSPS) is 10.6. The Kier molecular flexibility index (Phi) is 2.71. The Morgan fingerprint density at radius 2 is 2.00 bits per heavy atom. The van der Waals surface area contributed by atoms with Crippen LogP contribution in [0.1, 0.15) is 5.69 Å². The minimum atomic E-state index is -0.783. The predicted molar refractivity (Wildman–Crippen MR) is 62.0 cm³/mol. The van der Waals surface area contributed by atoms with Gasteiger partial charge in [0.25, 0.3) is 0 Å². The number of hydrogen-bond acceptors (Lipinski definition) is 3.